The van der Waals surface area contributed by atoms with Gasteiger partial charge in [-0.25, -0.2) is 9.97 Å². The molecule has 1 saturated carbocycles. The molecule has 0 N–H and O–H groups in total. The van der Waals surface area contributed by atoms with Gasteiger partial charge < -0.3 is 9.47 Å². The number of hydrogen-bond acceptors (Lipinski definition) is 7. The summed E-state index contributed by atoms with van der Waals surface area (Å²) >= 11 is 0. The molecule has 2 heterocycles. The number of carbonyl (C=O) groups is 1. The topological polar surface area (TPSA) is 92.0 Å². The van der Waals surface area contributed by atoms with Crippen molar-refractivity contribution in [3.63, 3.8) is 0 Å². The van der Waals surface area contributed by atoms with Crippen LogP contribution in [0.1, 0.15) is 25.1 Å². The van der Waals surface area contributed by atoms with Gasteiger partial charge in [0.1, 0.15) is 11.6 Å². The molecule has 0 aliphatic heterocycles. The van der Waals surface area contributed by atoms with Crippen molar-refractivity contribution in [1.29, 1.82) is 0 Å². The predicted molar refractivity (Wildman–Crippen MR) is 97.6 cm³/mol. The Bertz CT molecular complexity index is 954. The molecular weight excluding hydrogens is 346 g/mol. The fraction of sp³-hybridized carbons (Fsp3) is 0.421. The maximum atomic E-state index is 11.7. The van der Waals surface area contributed by atoms with E-state index in [1.165, 1.54) is 7.11 Å². The number of ether oxygens (including phenoxy) is 2. The SMILES string of the molecule is COC(=O)[C@H]1CC[C@H](Cc2ncc3nnn(-c4ccc(OC)cc4)c3n2)C1. The summed E-state index contributed by atoms with van der Waals surface area (Å²) in [5.41, 5.74) is 2.18. The lowest BCUT2D eigenvalue weighted by Gasteiger charge is -2.09. The van der Waals surface area contributed by atoms with Crippen molar-refractivity contribution in [2.24, 2.45) is 11.8 Å². The van der Waals surface area contributed by atoms with Crippen LogP contribution in [0.25, 0.3) is 16.9 Å². The van der Waals surface area contributed by atoms with Gasteiger partial charge in [-0.2, -0.15) is 4.68 Å². The Labute approximate surface area is 156 Å². The van der Waals surface area contributed by atoms with Crippen LogP contribution in [0, 0.1) is 11.8 Å². The number of fused-ring (bicyclic) bond motifs is 1. The Kier molecular flexibility index (Phi) is 4.70. The van der Waals surface area contributed by atoms with Gasteiger partial charge in [0.15, 0.2) is 11.2 Å². The van der Waals surface area contributed by atoms with Gasteiger partial charge in [-0.05, 0) is 49.4 Å². The van der Waals surface area contributed by atoms with E-state index in [0.717, 1.165) is 42.9 Å². The van der Waals surface area contributed by atoms with Crippen molar-refractivity contribution >= 4 is 17.1 Å². The predicted octanol–water partition coefficient (Wildman–Crippen LogP) is 2.35. The number of hydrogen-bond donors (Lipinski definition) is 0. The van der Waals surface area contributed by atoms with Crippen LogP contribution in [0.4, 0.5) is 0 Å². The second-order valence-corrected chi connectivity index (χ2v) is 6.80. The summed E-state index contributed by atoms with van der Waals surface area (Å²) in [4.78, 5) is 20.8. The first-order valence-electron chi connectivity index (χ1n) is 8.97. The number of methoxy groups -OCH3 is 2. The number of aromatic nitrogens is 5. The minimum Gasteiger partial charge on any atom is -0.497 e. The van der Waals surface area contributed by atoms with Gasteiger partial charge in [-0.3, -0.25) is 4.79 Å². The third-order valence-electron chi connectivity index (χ3n) is 5.11. The molecule has 1 aromatic carbocycles. The van der Waals surface area contributed by atoms with Crippen LogP contribution in [0.15, 0.2) is 30.5 Å². The highest BCUT2D eigenvalue weighted by atomic mass is 16.5. The smallest absolute Gasteiger partial charge is 0.308 e. The molecule has 0 saturated heterocycles. The van der Waals surface area contributed by atoms with Crippen LogP contribution in [0.5, 0.6) is 5.75 Å². The molecule has 2 aromatic heterocycles. The van der Waals surface area contributed by atoms with Gasteiger partial charge in [-0.1, -0.05) is 5.21 Å². The van der Waals surface area contributed by atoms with Gasteiger partial charge in [0.05, 0.1) is 32.0 Å². The van der Waals surface area contributed by atoms with E-state index in [4.69, 9.17) is 9.47 Å². The Balaban J connectivity index is 1.56. The molecular formula is C19H21N5O3. The van der Waals surface area contributed by atoms with Crippen LogP contribution in [0.3, 0.4) is 0 Å². The first-order valence-corrected chi connectivity index (χ1v) is 8.97. The Morgan fingerprint density at radius 1 is 1.22 bits per heavy atom. The maximum absolute atomic E-state index is 11.7. The summed E-state index contributed by atoms with van der Waals surface area (Å²) in [5.74, 6) is 1.79. The zero-order valence-electron chi connectivity index (χ0n) is 15.3. The van der Waals surface area contributed by atoms with Crippen LogP contribution in [-0.2, 0) is 16.0 Å². The average Bonchev–Trinajstić information content (AvgIpc) is 3.34. The zero-order chi connectivity index (χ0) is 18.8. The van der Waals surface area contributed by atoms with Crippen molar-refractivity contribution in [3.8, 4) is 11.4 Å². The quantitative estimate of drug-likeness (QED) is 0.639. The van der Waals surface area contributed by atoms with Crippen molar-refractivity contribution in [1.82, 2.24) is 25.0 Å². The van der Waals surface area contributed by atoms with Crippen LogP contribution >= 0.6 is 0 Å². The van der Waals surface area contributed by atoms with Gasteiger partial charge in [0, 0.05) is 6.42 Å². The minimum atomic E-state index is -0.115. The summed E-state index contributed by atoms with van der Waals surface area (Å²) in [6.45, 7) is 0. The van der Waals surface area contributed by atoms with Gasteiger partial charge in [0.2, 0.25) is 0 Å². The lowest BCUT2D eigenvalue weighted by Crippen LogP contribution is -2.13. The first-order chi connectivity index (χ1) is 13.2. The lowest BCUT2D eigenvalue weighted by atomic mass is 10.0. The van der Waals surface area contributed by atoms with E-state index >= 15 is 0 Å². The van der Waals surface area contributed by atoms with E-state index in [1.54, 1.807) is 18.0 Å². The minimum absolute atomic E-state index is 0.00442. The largest absolute Gasteiger partial charge is 0.497 e. The van der Waals surface area contributed by atoms with E-state index in [-0.39, 0.29) is 11.9 Å². The molecule has 8 nitrogen and oxygen atoms in total. The fourth-order valence-electron chi connectivity index (χ4n) is 3.66. The van der Waals surface area contributed by atoms with E-state index in [0.29, 0.717) is 17.1 Å². The molecule has 8 heteroatoms. The van der Waals surface area contributed by atoms with E-state index in [1.807, 2.05) is 24.3 Å². The van der Waals surface area contributed by atoms with E-state index in [9.17, 15) is 4.79 Å². The molecule has 2 atom stereocenters. The molecule has 3 aromatic rings. The highest BCUT2D eigenvalue weighted by Gasteiger charge is 2.31. The molecule has 4 rings (SSSR count). The summed E-state index contributed by atoms with van der Waals surface area (Å²) in [7, 11) is 3.08. The lowest BCUT2D eigenvalue weighted by molar-refractivity contribution is -0.145. The Morgan fingerprint density at radius 3 is 2.78 bits per heavy atom. The monoisotopic (exact) mass is 367 g/mol. The van der Waals surface area contributed by atoms with Gasteiger partial charge in [-0.15, -0.1) is 5.10 Å². The Morgan fingerprint density at radius 2 is 2.04 bits per heavy atom. The maximum Gasteiger partial charge on any atom is 0.308 e. The number of carbonyl (C=O) groups excluding carboxylic acids is 1. The molecule has 1 aliphatic carbocycles. The number of esters is 1. The summed E-state index contributed by atoms with van der Waals surface area (Å²) < 4.78 is 11.8. The third kappa shape index (κ3) is 3.47. The number of nitrogens with zero attached hydrogens (tertiary/aromatic N) is 5. The average molecular weight is 367 g/mol. The molecule has 0 unspecified atom stereocenters. The summed E-state index contributed by atoms with van der Waals surface area (Å²) in [6, 6.07) is 7.56. The molecule has 1 fully saturated rings. The van der Waals surface area contributed by atoms with Gasteiger partial charge in [0.25, 0.3) is 0 Å². The van der Waals surface area contributed by atoms with Crippen molar-refractivity contribution in [2.45, 2.75) is 25.7 Å². The highest BCUT2D eigenvalue weighted by molar-refractivity contribution is 5.72. The van der Waals surface area contributed by atoms with Crippen LogP contribution < -0.4 is 4.74 Å². The standard InChI is InChI=1S/C19H21N5O3/c1-26-15-7-5-14(6-8-15)24-18-16(22-23-24)11-20-17(21-18)10-12-3-4-13(9-12)19(25)27-2/h5-8,11-13H,3-4,9-10H2,1-2H3/t12-,13-/m0/s1. The second-order valence-electron chi connectivity index (χ2n) is 6.80. The van der Waals surface area contributed by atoms with Crippen LogP contribution in [0.2, 0.25) is 0 Å². The van der Waals surface area contributed by atoms with Gasteiger partial charge >= 0.3 is 5.97 Å². The molecule has 0 bridgehead atoms. The molecule has 0 spiro atoms. The number of rotatable bonds is 5. The fourth-order valence-corrected chi connectivity index (χ4v) is 3.66. The third-order valence-corrected chi connectivity index (χ3v) is 5.11. The summed E-state index contributed by atoms with van der Waals surface area (Å²) in [5, 5.41) is 8.35. The second kappa shape index (κ2) is 7.30. The normalized spacial score (nSPS) is 19.3. The van der Waals surface area contributed by atoms with Crippen molar-refractivity contribution < 1.29 is 14.3 Å². The Hall–Kier alpha value is -3.03. The first kappa shape index (κ1) is 17.4. The zero-order valence-corrected chi connectivity index (χ0v) is 15.3. The van der Waals surface area contributed by atoms with Crippen molar-refractivity contribution in [3.05, 3.63) is 36.3 Å². The molecule has 140 valence electrons. The number of benzene rings is 1. The van der Waals surface area contributed by atoms with Crippen LogP contribution in [-0.4, -0.2) is 45.2 Å². The molecule has 1 aliphatic rings. The molecule has 0 amide bonds. The van der Waals surface area contributed by atoms with Crippen molar-refractivity contribution in [2.75, 3.05) is 14.2 Å². The van der Waals surface area contributed by atoms with E-state index in [2.05, 4.69) is 20.3 Å². The van der Waals surface area contributed by atoms with E-state index < -0.39 is 0 Å². The molecule has 27 heavy (non-hydrogen) atoms. The highest BCUT2D eigenvalue weighted by Crippen LogP contribution is 2.33. The summed E-state index contributed by atoms with van der Waals surface area (Å²) in [6.07, 6.45) is 5.11. The molecule has 0 radical (unpaired) electrons.